The first-order valence-electron chi connectivity index (χ1n) is 14.2. The molecule has 2 amide bonds. The monoisotopic (exact) mass is 566 g/mol. The van der Waals surface area contributed by atoms with Crippen LogP contribution in [-0.2, 0) is 12.0 Å². The summed E-state index contributed by atoms with van der Waals surface area (Å²) in [4.78, 5) is 32.3. The van der Waals surface area contributed by atoms with Gasteiger partial charge in [-0.15, -0.1) is 11.3 Å². The molecule has 6 rings (SSSR count). The van der Waals surface area contributed by atoms with Gasteiger partial charge in [0.1, 0.15) is 4.83 Å². The quantitative estimate of drug-likeness (QED) is 0.208. The number of fused-ring (bicyclic) bond motifs is 2. The largest absolute Gasteiger partial charge is 0.343 e. The highest BCUT2D eigenvalue weighted by Crippen LogP contribution is 2.41. The molecule has 3 aromatic heterocycles. The number of nitrogens with one attached hydrogen (secondary N) is 2. The van der Waals surface area contributed by atoms with E-state index in [1.165, 1.54) is 42.6 Å². The third kappa shape index (κ3) is 5.47. The molecule has 9 heteroatoms. The molecule has 0 radical (unpaired) electrons. The van der Waals surface area contributed by atoms with Crippen LogP contribution in [0.5, 0.6) is 0 Å². The number of hydrogen-bond acceptors (Lipinski definition) is 6. The smallest absolute Gasteiger partial charge is 0.276 e. The topological polar surface area (TPSA) is 115 Å². The number of aryl methyl sites for hydroxylation is 1. The molecule has 1 aliphatic rings. The normalized spacial score (nSPS) is 15.3. The van der Waals surface area contributed by atoms with Crippen LogP contribution in [-0.4, -0.2) is 33.1 Å². The van der Waals surface area contributed by atoms with Crippen molar-refractivity contribution < 1.29 is 9.59 Å². The summed E-state index contributed by atoms with van der Waals surface area (Å²) >= 11 is 1.38. The van der Waals surface area contributed by atoms with Crippen molar-refractivity contribution in [3.63, 3.8) is 0 Å². The molecule has 4 N–H and O–H groups in total. The molecule has 8 nitrogen and oxygen atoms in total. The Morgan fingerprint density at radius 3 is 2.63 bits per heavy atom. The lowest BCUT2D eigenvalue weighted by Crippen LogP contribution is -2.33. The lowest BCUT2D eigenvalue weighted by molar-refractivity contribution is 0.0941. The van der Waals surface area contributed by atoms with Crippen LogP contribution < -0.4 is 16.4 Å². The number of pyridine rings is 1. The van der Waals surface area contributed by atoms with E-state index < -0.39 is 6.04 Å². The highest BCUT2D eigenvalue weighted by atomic mass is 32.1. The Labute approximate surface area is 243 Å². The lowest BCUT2D eigenvalue weighted by atomic mass is 9.80. The third-order valence-electron chi connectivity index (χ3n) is 8.21. The summed E-state index contributed by atoms with van der Waals surface area (Å²) in [6, 6.07) is 19.3. The zero-order chi connectivity index (χ0) is 28.6. The maximum Gasteiger partial charge on any atom is 0.276 e. The van der Waals surface area contributed by atoms with Crippen LogP contribution in [0.2, 0.25) is 0 Å². The second kappa shape index (κ2) is 11.1. The summed E-state index contributed by atoms with van der Waals surface area (Å²) in [5.74, 6) is -0.497. The first kappa shape index (κ1) is 27.1. The van der Waals surface area contributed by atoms with Crippen LogP contribution in [0, 0.1) is 0 Å². The zero-order valence-electron chi connectivity index (χ0n) is 23.3. The minimum atomic E-state index is -0.425. The first-order chi connectivity index (χ1) is 19.8. The van der Waals surface area contributed by atoms with Crippen LogP contribution in [0.4, 0.5) is 5.69 Å². The van der Waals surface area contributed by atoms with E-state index >= 15 is 0 Å². The maximum atomic E-state index is 13.3. The van der Waals surface area contributed by atoms with Gasteiger partial charge in [0.25, 0.3) is 11.8 Å². The summed E-state index contributed by atoms with van der Waals surface area (Å²) in [6.45, 7) is 5.22. The molecule has 5 aromatic rings. The number of nitrogens with two attached hydrogens (primary N) is 1. The zero-order valence-corrected chi connectivity index (χ0v) is 24.1. The minimum absolute atomic E-state index is 0.203. The van der Waals surface area contributed by atoms with Crippen molar-refractivity contribution in [3.05, 3.63) is 88.6 Å². The Balaban J connectivity index is 1.19. The van der Waals surface area contributed by atoms with Crippen molar-refractivity contribution in [1.82, 2.24) is 20.1 Å². The van der Waals surface area contributed by atoms with E-state index in [1.807, 2.05) is 31.2 Å². The Morgan fingerprint density at radius 2 is 1.88 bits per heavy atom. The molecule has 0 spiro atoms. The molecular weight excluding hydrogens is 532 g/mol. The summed E-state index contributed by atoms with van der Waals surface area (Å²) in [5.41, 5.74) is 10.4. The molecular formula is C32H34N6O2S. The molecule has 1 aliphatic carbocycles. The van der Waals surface area contributed by atoms with Gasteiger partial charge < -0.3 is 16.4 Å². The van der Waals surface area contributed by atoms with Crippen LogP contribution in [0.15, 0.2) is 66.9 Å². The number of thiophene rings is 1. The van der Waals surface area contributed by atoms with Crippen LogP contribution in [0.1, 0.15) is 76.9 Å². The van der Waals surface area contributed by atoms with Crippen molar-refractivity contribution in [1.29, 1.82) is 0 Å². The maximum absolute atomic E-state index is 13.3. The Morgan fingerprint density at radius 1 is 1.05 bits per heavy atom. The highest BCUT2D eigenvalue weighted by molar-refractivity contribution is 7.20. The fourth-order valence-electron chi connectivity index (χ4n) is 5.76. The molecule has 1 saturated carbocycles. The van der Waals surface area contributed by atoms with Crippen molar-refractivity contribution in [2.24, 2.45) is 5.73 Å². The van der Waals surface area contributed by atoms with Gasteiger partial charge in [0.2, 0.25) is 0 Å². The SMILES string of the molecule is CCn1ccc(C(=O)Nc2cccc([C@@H](CN)NC(=O)c3cc4cc5cc(C6(C)CCCC6)ccc5nc4s3)c2)n1. The van der Waals surface area contributed by atoms with Gasteiger partial charge in [0.05, 0.1) is 16.4 Å². The predicted molar refractivity (Wildman–Crippen MR) is 165 cm³/mol. The second-order valence-corrected chi connectivity index (χ2v) is 12.1. The molecule has 2 aromatic carbocycles. The molecule has 3 heterocycles. The molecule has 1 fully saturated rings. The fourth-order valence-corrected chi connectivity index (χ4v) is 6.69. The van der Waals surface area contributed by atoms with Gasteiger partial charge in [-0.1, -0.05) is 38.0 Å². The molecule has 0 unspecified atom stereocenters. The molecule has 1 atom stereocenters. The number of benzene rings is 2. The van der Waals surface area contributed by atoms with E-state index in [1.54, 1.807) is 23.0 Å². The highest BCUT2D eigenvalue weighted by Gasteiger charge is 2.30. The standard InChI is InChI=1S/C32H34N6O2S/c1-3-38-14-11-26(37-38)29(39)34-24-8-6-7-20(17-24)27(19-33)35-30(40)28-18-22-15-21-16-23(32(2)12-4-5-13-32)9-10-25(21)36-31(22)41-28/h6-11,14-18,27H,3-5,12-13,19,33H2,1-2H3,(H,34,39)(H,35,40)/t27-/m1/s1. The number of rotatable bonds is 8. The van der Waals surface area contributed by atoms with Gasteiger partial charge >= 0.3 is 0 Å². The van der Waals surface area contributed by atoms with E-state index in [-0.39, 0.29) is 23.8 Å². The summed E-state index contributed by atoms with van der Waals surface area (Å²) in [5, 5.41) is 12.3. The number of aromatic nitrogens is 3. The lowest BCUT2D eigenvalue weighted by Gasteiger charge is -2.24. The molecule has 41 heavy (non-hydrogen) atoms. The van der Waals surface area contributed by atoms with E-state index in [4.69, 9.17) is 10.7 Å². The van der Waals surface area contributed by atoms with Gasteiger partial charge in [-0.25, -0.2) is 4.98 Å². The van der Waals surface area contributed by atoms with E-state index in [0.29, 0.717) is 22.8 Å². The van der Waals surface area contributed by atoms with Crippen molar-refractivity contribution in [3.8, 4) is 0 Å². The number of carbonyl (C=O) groups excluding carboxylic acids is 2. The number of carbonyl (C=O) groups is 2. The van der Waals surface area contributed by atoms with Crippen LogP contribution >= 0.6 is 11.3 Å². The van der Waals surface area contributed by atoms with Gasteiger partial charge in [-0.05, 0) is 78.8 Å². The Hall–Kier alpha value is -4.08. The summed E-state index contributed by atoms with van der Waals surface area (Å²) < 4.78 is 1.70. The van der Waals surface area contributed by atoms with Gasteiger partial charge in [-0.3, -0.25) is 14.3 Å². The first-order valence-corrected chi connectivity index (χ1v) is 15.0. The van der Waals surface area contributed by atoms with Crippen LogP contribution in [0.3, 0.4) is 0 Å². The van der Waals surface area contributed by atoms with Gasteiger partial charge in [-0.2, -0.15) is 5.10 Å². The minimum Gasteiger partial charge on any atom is -0.343 e. The summed E-state index contributed by atoms with van der Waals surface area (Å²) in [6.07, 6.45) is 6.77. The fraction of sp³-hybridized carbons (Fsp3) is 0.312. The number of amides is 2. The van der Waals surface area contributed by atoms with Gasteiger partial charge in [0.15, 0.2) is 5.69 Å². The Kier molecular flexibility index (Phi) is 7.32. The van der Waals surface area contributed by atoms with Crippen molar-refractivity contribution in [2.45, 2.75) is 57.5 Å². The van der Waals surface area contributed by atoms with E-state index in [2.05, 4.69) is 46.9 Å². The average molecular weight is 567 g/mol. The molecule has 0 bridgehead atoms. The van der Waals surface area contributed by atoms with Gasteiger partial charge in [0, 0.05) is 35.7 Å². The molecule has 210 valence electrons. The third-order valence-corrected chi connectivity index (χ3v) is 9.26. The second-order valence-electron chi connectivity index (χ2n) is 11.1. The van der Waals surface area contributed by atoms with E-state index in [9.17, 15) is 9.59 Å². The number of anilines is 1. The van der Waals surface area contributed by atoms with Crippen LogP contribution in [0.25, 0.3) is 21.1 Å². The number of hydrogen-bond donors (Lipinski definition) is 3. The Bertz CT molecular complexity index is 1750. The molecule has 0 saturated heterocycles. The predicted octanol–water partition coefficient (Wildman–Crippen LogP) is 6.18. The average Bonchev–Trinajstić information content (AvgIpc) is 3.74. The summed E-state index contributed by atoms with van der Waals surface area (Å²) in [7, 11) is 0. The van der Waals surface area contributed by atoms with Crippen molar-refractivity contribution >= 4 is 50.0 Å². The van der Waals surface area contributed by atoms with E-state index in [0.717, 1.165) is 26.7 Å². The number of nitrogens with zero attached hydrogens (tertiary/aromatic N) is 3. The van der Waals surface area contributed by atoms with Crippen molar-refractivity contribution in [2.75, 3.05) is 11.9 Å². The molecule has 0 aliphatic heterocycles.